The van der Waals surface area contributed by atoms with Crippen molar-refractivity contribution >= 4 is 27.2 Å². The van der Waals surface area contributed by atoms with Gasteiger partial charge in [0, 0.05) is 28.5 Å². The molecule has 0 saturated carbocycles. The van der Waals surface area contributed by atoms with E-state index in [0.29, 0.717) is 27.7 Å². The number of nitrogens with two attached hydrogens (primary N) is 1. The van der Waals surface area contributed by atoms with Crippen LogP contribution in [0.2, 0.25) is 0 Å². The lowest BCUT2D eigenvalue weighted by Gasteiger charge is -2.07. The van der Waals surface area contributed by atoms with E-state index in [9.17, 15) is 9.32 Å². The van der Waals surface area contributed by atoms with Crippen LogP contribution in [0, 0.1) is 11.8 Å². The minimum atomic E-state index is -2.78. The Hall–Kier alpha value is -3.34. The molecule has 3 aromatic rings. The number of hydrogen-bond acceptors (Lipinski definition) is 5. The number of phenolic OH excluding ortho intramolecular Hbond substituents is 1. The van der Waals surface area contributed by atoms with E-state index in [4.69, 9.17) is 5.14 Å². The second-order valence-electron chi connectivity index (χ2n) is 5.47. The molecule has 26 heavy (non-hydrogen) atoms. The van der Waals surface area contributed by atoms with Crippen molar-refractivity contribution in [3.63, 3.8) is 0 Å². The zero-order valence-corrected chi connectivity index (χ0v) is 14.5. The molecule has 6 nitrogen and oxygen atoms in total. The van der Waals surface area contributed by atoms with E-state index in [-0.39, 0.29) is 5.75 Å². The van der Waals surface area contributed by atoms with Gasteiger partial charge in [-0.2, -0.15) is 0 Å². The van der Waals surface area contributed by atoms with Crippen LogP contribution in [-0.2, 0) is 9.71 Å². The minimum absolute atomic E-state index is 0.165. The monoisotopic (exact) mass is 364 g/mol. The number of hydrogen-bond donors (Lipinski definition) is 3. The summed E-state index contributed by atoms with van der Waals surface area (Å²) in [4.78, 5) is 8.85. The molecule has 0 aliphatic carbocycles. The highest BCUT2D eigenvalue weighted by atomic mass is 32.2. The highest BCUT2D eigenvalue weighted by Crippen LogP contribution is 2.17. The van der Waals surface area contributed by atoms with Gasteiger partial charge in [0.2, 0.25) is 5.95 Å². The van der Waals surface area contributed by atoms with Crippen LogP contribution < -0.4 is 10.5 Å². The highest BCUT2D eigenvalue weighted by Gasteiger charge is 2.04. The molecule has 1 heterocycles. The summed E-state index contributed by atoms with van der Waals surface area (Å²) in [6, 6.07) is 13.5. The van der Waals surface area contributed by atoms with Gasteiger partial charge in [0.25, 0.3) is 0 Å². The van der Waals surface area contributed by atoms with Gasteiger partial charge in [0.05, 0.1) is 15.3 Å². The Labute approximate surface area is 151 Å². The summed E-state index contributed by atoms with van der Waals surface area (Å²) in [5, 5.41) is 18.0. The van der Waals surface area contributed by atoms with Gasteiger partial charge in [0.1, 0.15) is 5.75 Å². The Bertz CT molecular complexity index is 1100. The molecular formula is C19H16N4O2S. The third kappa shape index (κ3) is 4.60. The summed E-state index contributed by atoms with van der Waals surface area (Å²) in [5.41, 5.74) is 1.99. The summed E-state index contributed by atoms with van der Waals surface area (Å²) in [5.74, 6) is 9.87. The fourth-order valence-corrected chi connectivity index (χ4v) is 2.74. The van der Waals surface area contributed by atoms with Crippen LogP contribution in [0.15, 0.2) is 65.8 Å². The number of aromatic nitrogens is 2. The van der Waals surface area contributed by atoms with Gasteiger partial charge in [-0.15, -0.1) is 0 Å². The lowest BCUT2D eigenvalue weighted by Crippen LogP contribution is -2.12. The summed E-state index contributed by atoms with van der Waals surface area (Å²) in [7, 11) is -2.78. The van der Waals surface area contributed by atoms with E-state index in [2.05, 4.69) is 33.0 Å². The molecular weight excluding hydrogens is 348 g/mol. The molecule has 4 N–H and O–H groups in total. The first-order valence-corrected chi connectivity index (χ1v) is 9.34. The molecule has 2 aromatic carbocycles. The summed E-state index contributed by atoms with van der Waals surface area (Å²) in [6.07, 6.45) is 3.17. The topological polar surface area (TPSA) is 101 Å². The molecule has 0 amide bonds. The number of aromatic hydroxyl groups is 1. The van der Waals surface area contributed by atoms with Gasteiger partial charge in [-0.1, -0.05) is 24.0 Å². The van der Waals surface area contributed by atoms with Crippen LogP contribution in [0.5, 0.6) is 5.75 Å². The van der Waals surface area contributed by atoms with E-state index in [1.165, 1.54) is 0 Å². The van der Waals surface area contributed by atoms with Crippen molar-refractivity contribution in [3.05, 3.63) is 72.1 Å². The second-order valence-corrected chi connectivity index (χ2v) is 7.40. The Morgan fingerprint density at radius 2 is 1.73 bits per heavy atom. The van der Waals surface area contributed by atoms with E-state index in [0.717, 1.165) is 0 Å². The second kappa shape index (κ2) is 7.27. The van der Waals surface area contributed by atoms with Crippen molar-refractivity contribution in [1.29, 1.82) is 0 Å². The first-order chi connectivity index (χ1) is 12.4. The fourth-order valence-electron chi connectivity index (χ4n) is 2.10. The van der Waals surface area contributed by atoms with Crippen LogP contribution >= 0.6 is 0 Å². The molecule has 3 rings (SSSR count). The number of nitrogens with zero attached hydrogens (tertiary/aromatic N) is 2. The highest BCUT2D eigenvalue weighted by molar-refractivity contribution is 7.98. The van der Waals surface area contributed by atoms with E-state index >= 15 is 0 Å². The average molecular weight is 364 g/mol. The molecule has 0 spiro atoms. The molecule has 0 fully saturated rings. The zero-order chi connectivity index (χ0) is 18.6. The number of anilines is 2. The van der Waals surface area contributed by atoms with Crippen molar-refractivity contribution < 1.29 is 9.32 Å². The normalized spacial score (nSPS) is 12.5. The standard InChI is InChI=1S/C19H16N4O2S/c1-26(20,25)18-7-3-5-16(11-18)23-19-21-12-15(13-22-19)9-8-14-4-2-6-17(24)10-14/h2-7,10-13,24H,1H2,(H2,20,25)(H,21,22,23). The SMILES string of the molecule is C=S(N)(=O)c1cccc(Nc2ncc(C#Cc3cccc(O)c3)cn2)c1. The Morgan fingerprint density at radius 1 is 1.04 bits per heavy atom. The Balaban J connectivity index is 1.75. The lowest BCUT2D eigenvalue weighted by atomic mass is 10.2. The molecule has 0 aliphatic rings. The lowest BCUT2D eigenvalue weighted by molar-refractivity contribution is 0.475. The first kappa shape index (κ1) is 17.5. The molecule has 0 bridgehead atoms. The Morgan fingerprint density at radius 3 is 2.42 bits per heavy atom. The third-order valence-electron chi connectivity index (χ3n) is 3.34. The number of benzene rings is 2. The van der Waals surface area contributed by atoms with Gasteiger partial charge in [-0.3, -0.25) is 5.14 Å². The summed E-state index contributed by atoms with van der Waals surface area (Å²) >= 11 is 0. The Kier molecular flexibility index (Phi) is 4.89. The van der Waals surface area contributed by atoms with Crippen LogP contribution in [0.4, 0.5) is 11.6 Å². The predicted molar refractivity (Wildman–Crippen MR) is 104 cm³/mol. The third-order valence-corrected chi connectivity index (χ3v) is 4.39. The summed E-state index contributed by atoms with van der Waals surface area (Å²) in [6.45, 7) is 0. The van der Waals surface area contributed by atoms with Crippen molar-refractivity contribution in [1.82, 2.24) is 9.97 Å². The van der Waals surface area contributed by atoms with Crippen LogP contribution in [0.1, 0.15) is 11.1 Å². The van der Waals surface area contributed by atoms with E-state index in [1.54, 1.807) is 60.9 Å². The molecule has 1 unspecified atom stereocenters. The maximum absolute atomic E-state index is 11.8. The van der Waals surface area contributed by atoms with E-state index < -0.39 is 9.71 Å². The van der Waals surface area contributed by atoms with Gasteiger partial charge in [0.15, 0.2) is 0 Å². The quantitative estimate of drug-likeness (QED) is 0.489. The van der Waals surface area contributed by atoms with Gasteiger partial charge in [-0.05, 0) is 42.3 Å². The van der Waals surface area contributed by atoms with Crippen molar-refractivity contribution in [2.24, 2.45) is 5.14 Å². The molecule has 1 atom stereocenters. The zero-order valence-electron chi connectivity index (χ0n) is 13.7. The van der Waals surface area contributed by atoms with Crippen LogP contribution in [0.25, 0.3) is 0 Å². The fraction of sp³-hybridized carbons (Fsp3) is 0. The van der Waals surface area contributed by atoms with Crippen LogP contribution in [-0.4, -0.2) is 25.2 Å². The smallest absolute Gasteiger partial charge is 0.227 e. The molecule has 0 aliphatic heterocycles. The number of rotatable bonds is 3. The molecule has 0 saturated heterocycles. The van der Waals surface area contributed by atoms with Gasteiger partial charge >= 0.3 is 0 Å². The van der Waals surface area contributed by atoms with Crippen molar-refractivity contribution in [3.8, 4) is 17.6 Å². The largest absolute Gasteiger partial charge is 0.508 e. The predicted octanol–water partition coefficient (Wildman–Crippen LogP) is 2.27. The maximum Gasteiger partial charge on any atom is 0.227 e. The summed E-state index contributed by atoms with van der Waals surface area (Å²) < 4.78 is 11.8. The number of phenols is 1. The average Bonchev–Trinajstić information content (AvgIpc) is 2.61. The maximum atomic E-state index is 11.8. The van der Waals surface area contributed by atoms with Gasteiger partial charge < -0.3 is 10.4 Å². The van der Waals surface area contributed by atoms with Gasteiger partial charge in [-0.25, -0.2) is 14.2 Å². The van der Waals surface area contributed by atoms with Crippen LogP contribution in [0.3, 0.4) is 0 Å². The number of nitrogens with one attached hydrogen (secondary N) is 1. The first-order valence-electron chi connectivity index (χ1n) is 7.55. The van der Waals surface area contributed by atoms with E-state index in [1.807, 2.05) is 0 Å². The molecule has 7 heteroatoms. The molecule has 130 valence electrons. The van der Waals surface area contributed by atoms with Crippen molar-refractivity contribution in [2.45, 2.75) is 4.90 Å². The molecule has 1 aromatic heterocycles. The minimum Gasteiger partial charge on any atom is -0.508 e. The molecule has 0 radical (unpaired) electrons. The van der Waals surface area contributed by atoms with Crippen molar-refractivity contribution in [2.75, 3.05) is 5.32 Å².